The number of rotatable bonds is 59. The van der Waals surface area contributed by atoms with Gasteiger partial charge in [0, 0.05) is 19.4 Å². The van der Waals surface area contributed by atoms with Gasteiger partial charge in [-0.05, 0) is 89.9 Å². The molecular weight excluding hydrogens is 978 g/mol. The third kappa shape index (κ3) is 62.0. The van der Waals surface area contributed by atoms with Gasteiger partial charge in [0.2, 0.25) is 0 Å². The molecule has 0 saturated carbocycles. The molecular formula is C67H118NO8P. The number of hydrogen-bond acceptors (Lipinski definition) is 8. The van der Waals surface area contributed by atoms with Gasteiger partial charge in [-0.25, -0.2) is 4.57 Å². The Kier molecular flexibility index (Phi) is 59.7. The first-order chi connectivity index (χ1) is 37.8. The quantitative estimate of drug-likeness (QED) is 0.0264. The summed E-state index contributed by atoms with van der Waals surface area (Å²) in [6.07, 6.45) is 83.3. The van der Waals surface area contributed by atoms with Crippen LogP contribution in [0.25, 0.3) is 0 Å². The Morgan fingerprint density at radius 2 is 0.675 bits per heavy atom. The first-order valence-corrected chi connectivity index (χ1v) is 33.2. The Balaban J connectivity index is 3.91. The van der Waals surface area contributed by atoms with Gasteiger partial charge in [-0.3, -0.25) is 18.6 Å². The van der Waals surface area contributed by atoms with Gasteiger partial charge in [0.05, 0.1) is 13.2 Å². The minimum atomic E-state index is -4.39. The summed E-state index contributed by atoms with van der Waals surface area (Å²) in [5.41, 5.74) is 5.39. The summed E-state index contributed by atoms with van der Waals surface area (Å²) in [6, 6.07) is 0. The SMILES string of the molecule is CC/C=C\C/C=C\C/C=C\C/C=C\CCCCCCCCCCCCCCCCCCCCC(=O)OC(COC(=O)CCCCCCCCCCCCCC/C=C\C/C=C\C/C=C\C/C=C\CC)COP(=O)(O)OCCN. The van der Waals surface area contributed by atoms with Crippen LogP contribution in [0.1, 0.15) is 284 Å². The molecule has 0 rings (SSSR count). The molecule has 444 valence electrons. The van der Waals surface area contributed by atoms with Gasteiger partial charge >= 0.3 is 19.8 Å². The minimum absolute atomic E-state index is 0.0508. The lowest BCUT2D eigenvalue weighted by Gasteiger charge is -2.19. The highest BCUT2D eigenvalue weighted by molar-refractivity contribution is 7.47. The van der Waals surface area contributed by atoms with Crippen molar-refractivity contribution in [2.75, 3.05) is 26.4 Å². The zero-order valence-corrected chi connectivity index (χ0v) is 50.6. The maximum absolute atomic E-state index is 12.7. The average molecular weight is 1100 g/mol. The molecule has 0 aromatic rings. The second kappa shape index (κ2) is 62.1. The Labute approximate surface area is 474 Å². The molecule has 10 heteroatoms. The van der Waals surface area contributed by atoms with Gasteiger partial charge in [-0.15, -0.1) is 0 Å². The van der Waals surface area contributed by atoms with Crippen molar-refractivity contribution in [1.29, 1.82) is 0 Å². The highest BCUT2D eigenvalue weighted by Gasteiger charge is 2.26. The standard InChI is InChI=1S/C67H118NO8P/c1-3-5-7-9-11-13-15-17-19-21-23-25-27-29-30-31-32-33-34-36-38-40-42-44-46-48-50-52-54-56-58-60-67(70)76-65(64-75-77(71,72)74-62-61-68)63-73-66(69)59-57-55-53-51-49-47-45-43-41-39-37-35-28-26-24-22-20-18-16-14-12-10-8-6-4-2/h5-8,11-14,17-20,23-26,65H,3-4,9-10,15-16,21-22,27-64,68H2,1-2H3,(H,71,72)/b7-5-,8-6-,13-11-,14-12-,19-17-,20-18-,25-23-,26-24-. The number of unbranched alkanes of at least 4 members (excludes halogenated alkanes) is 30. The summed E-state index contributed by atoms with van der Waals surface area (Å²) in [4.78, 5) is 35.3. The summed E-state index contributed by atoms with van der Waals surface area (Å²) in [7, 11) is -4.39. The van der Waals surface area contributed by atoms with Crippen LogP contribution in [-0.2, 0) is 32.7 Å². The number of carbonyl (C=O) groups excluding carboxylic acids is 2. The lowest BCUT2D eigenvalue weighted by molar-refractivity contribution is -0.161. The van der Waals surface area contributed by atoms with Crippen molar-refractivity contribution in [1.82, 2.24) is 0 Å². The molecule has 0 amide bonds. The molecule has 2 atom stereocenters. The smallest absolute Gasteiger partial charge is 0.462 e. The molecule has 0 aromatic carbocycles. The van der Waals surface area contributed by atoms with E-state index in [9.17, 15) is 19.0 Å². The highest BCUT2D eigenvalue weighted by Crippen LogP contribution is 2.43. The van der Waals surface area contributed by atoms with Crippen LogP contribution in [0.2, 0.25) is 0 Å². The van der Waals surface area contributed by atoms with E-state index in [4.69, 9.17) is 24.3 Å². The number of esters is 2. The van der Waals surface area contributed by atoms with Crippen molar-refractivity contribution in [2.24, 2.45) is 5.73 Å². The molecule has 77 heavy (non-hydrogen) atoms. The highest BCUT2D eigenvalue weighted by atomic mass is 31.2. The second-order valence-electron chi connectivity index (χ2n) is 20.9. The van der Waals surface area contributed by atoms with Crippen LogP contribution in [0.15, 0.2) is 97.2 Å². The molecule has 0 aliphatic carbocycles. The number of hydrogen-bond donors (Lipinski definition) is 2. The topological polar surface area (TPSA) is 134 Å². The molecule has 0 aromatic heterocycles. The summed E-state index contributed by atoms with van der Waals surface area (Å²) in [5.74, 6) is -0.823. The maximum atomic E-state index is 12.7. The van der Waals surface area contributed by atoms with Crippen molar-refractivity contribution >= 4 is 19.8 Å². The van der Waals surface area contributed by atoms with Crippen LogP contribution in [0.3, 0.4) is 0 Å². The van der Waals surface area contributed by atoms with Crippen molar-refractivity contribution in [3.05, 3.63) is 97.2 Å². The molecule has 0 radical (unpaired) electrons. The summed E-state index contributed by atoms with van der Waals surface area (Å²) in [5, 5.41) is 0. The Hall–Kier alpha value is -3.07. The van der Waals surface area contributed by atoms with E-state index in [0.717, 1.165) is 89.9 Å². The van der Waals surface area contributed by atoms with E-state index in [1.54, 1.807) is 0 Å². The number of nitrogens with two attached hydrogens (primary N) is 1. The Morgan fingerprint density at radius 1 is 0.390 bits per heavy atom. The van der Waals surface area contributed by atoms with E-state index in [-0.39, 0.29) is 38.6 Å². The van der Waals surface area contributed by atoms with E-state index >= 15 is 0 Å². The monoisotopic (exact) mass is 1100 g/mol. The van der Waals surface area contributed by atoms with Crippen LogP contribution in [0.5, 0.6) is 0 Å². The third-order valence-electron chi connectivity index (χ3n) is 13.5. The molecule has 0 aliphatic rings. The molecule has 9 nitrogen and oxygen atoms in total. The van der Waals surface area contributed by atoms with Gasteiger partial charge < -0.3 is 20.1 Å². The van der Waals surface area contributed by atoms with Crippen LogP contribution in [0.4, 0.5) is 0 Å². The molecule has 0 aliphatic heterocycles. The van der Waals surface area contributed by atoms with E-state index in [1.807, 2.05) is 0 Å². The van der Waals surface area contributed by atoms with Crippen LogP contribution in [-0.4, -0.2) is 49.3 Å². The molecule has 2 unspecified atom stereocenters. The van der Waals surface area contributed by atoms with Crippen molar-refractivity contribution < 1.29 is 37.6 Å². The molecule has 0 saturated heterocycles. The number of carbonyl (C=O) groups is 2. The third-order valence-corrected chi connectivity index (χ3v) is 14.4. The molecule has 0 bridgehead atoms. The van der Waals surface area contributed by atoms with Crippen molar-refractivity contribution in [3.8, 4) is 0 Å². The van der Waals surface area contributed by atoms with Crippen molar-refractivity contribution in [3.63, 3.8) is 0 Å². The van der Waals surface area contributed by atoms with Gasteiger partial charge in [0.15, 0.2) is 6.10 Å². The lowest BCUT2D eigenvalue weighted by Crippen LogP contribution is -2.29. The largest absolute Gasteiger partial charge is 0.472 e. The molecule has 0 heterocycles. The molecule has 0 fully saturated rings. The predicted molar refractivity (Wildman–Crippen MR) is 330 cm³/mol. The fourth-order valence-electron chi connectivity index (χ4n) is 8.86. The van der Waals surface area contributed by atoms with E-state index in [2.05, 4.69) is 111 Å². The maximum Gasteiger partial charge on any atom is 0.472 e. The Morgan fingerprint density at radius 3 is 1.00 bits per heavy atom. The first kappa shape index (κ1) is 73.9. The first-order valence-electron chi connectivity index (χ1n) is 31.7. The number of phosphoric ester groups is 1. The van der Waals surface area contributed by atoms with Gasteiger partial charge in [-0.1, -0.05) is 278 Å². The minimum Gasteiger partial charge on any atom is -0.462 e. The number of allylic oxidation sites excluding steroid dienone is 16. The summed E-state index contributed by atoms with van der Waals surface area (Å²) >= 11 is 0. The molecule has 0 spiro atoms. The van der Waals surface area contributed by atoms with Gasteiger partial charge in [0.1, 0.15) is 6.61 Å². The normalized spacial score (nSPS) is 13.7. The molecule has 3 N–H and O–H groups in total. The zero-order valence-electron chi connectivity index (χ0n) is 49.7. The van der Waals surface area contributed by atoms with Crippen LogP contribution >= 0.6 is 7.82 Å². The van der Waals surface area contributed by atoms with E-state index in [1.165, 1.54) is 161 Å². The second-order valence-corrected chi connectivity index (χ2v) is 22.3. The van der Waals surface area contributed by atoms with Crippen LogP contribution in [0, 0.1) is 0 Å². The van der Waals surface area contributed by atoms with Crippen LogP contribution < -0.4 is 5.73 Å². The predicted octanol–water partition coefficient (Wildman–Crippen LogP) is 20.4. The van der Waals surface area contributed by atoms with Gasteiger partial charge in [-0.2, -0.15) is 0 Å². The summed E-state index contributed by atoms with van der Waals surface area (Å²) in [6.45, 7) is 3.55. The fourth-order valence-corrected chi connectivity index (χ4v) is 9.62. The lowest BCUT2D eigenvalue weighted by atomic mass is 10.0. The number of ether oxygens (including phenoxy) is 2. The van der Waals surface area contributed by atoms with E-state index in [0.29, 0.717) is 6.42 Å². The average Bonchev–Trinajstić information content (AvgIpc) is 3.42. The summed E-state index contributed by atoms with van der Waals surface area (Å²) < 4.78 is 33.1. The van der Waals surface area contributed by atoms with Gasteiger partial charge in [0.25, 0.3) is 0 Å². The fraction of sp³-hybridized carbons (Fsp3) is 0.731. The number of phosphoric acid groups is 1. The Bertz CT molecular complexity index is 1580. The zero-order chi connectivity index (χ0) is 55.9. The van der Waals surface area contributed by atoms with E-state index < -0.39 is 26.5 Å². The van der Waals surface area contributed by atoms with Crippen molar-refractivity contribution in [2.45, 2.75) is 290 Å².